The van der Waals surface area contributed by atoms with Crippen molar-refractivity contribution in [3.8, 4) is 5.75 Å². The van der Waals surface area contributed by atoms with Gasteiger partial charge in [-0.1, -0.05) is 18.2 Å². The van der Waals surface area contributed by atoms with Gasteiger partial charge in [0, 0.05) is 12.6 Å². The molecule has 1 heterocycles. The van der Waals surface area contributed by atoms with E-state index < -0.39 is 12.1 Å². The standard InChI is InChI=1S/C11H13NO3/c1-12-10(15)6-9(14)11(12)7-4-2-3-5-8(7)13/h2-5,9,11,13-14H,6H2,1H3. The highest BCUT2D eigenvalue weighted by molar-refractivity contribution is 5.80. The number of hydrogen-bond donors (Lipinski definition) is 2. The lowest BCUT2D eigenvalue weighted by Gasteiger charge is -2.23. The molecule has 0 saturated carbocycles. The van der Waals surface area contributed by atoms with Gasteiger partial charge in [-0.2, -0.15) is 0 Å². The number of likely N-dealkylation sites (tertiary alicyclic amines) is 1. The SMILES string of the molecule is CN1C(=O)CC(O)C1c1ccccc1O. The highest BCUT2D eigenvalue weighted by Gasteiger charge is 2.38. The molecule has 1 saturated heterocycles. The van der Waals surface area contributed by atoms with Crippen molar-refractivity contribution in [1.82, 2.24) is 4.90 Å². The van der Waals surface area contributed by atoms with Crippen LogP contribution in [0.4, 0.5) is 0 Å². The molecule has 4 heteroatoms. The van der Waals surface area contributed by atoms with E-state index in [1.807, 2.05) is 0 Å². The summed E-state index contributed by atoms with van der Waals surface area (Å²) < 4.78 is 0. The molecule has 1 aliphatic rings. The fraction of sp³-hybridized carbons (Fsp3) is 0.364. The minimum Gasteiger partial charge on any atom is -0.508 e. The van der Waals surface area contributed by atoms with E-state index in [2.05, 4.69) is 0 Å². The Bertz CT molecular complexity index is 391. The summed E-state index contributed by atoms with van der Waals surface area (Å²) in [7, 11) is 1.63. The third-order valence-electron chi connectivity index (χ3n) is 2.81. The number of likely N-dealkylation sites (N-methyl/N-ethyl adjacent to an activating group) is 1. The zero-order valence-electron chi connectivity index (χ0n) is 8.42. The Labute approximate surface area is 87.8 Å². The Morgan fingerprint density at radius 1 is 1.40 bits per heavy atom. The topological polar surface area (TPSA) is 60.8 Å². The number of phenols is 1. The number of rotatable bonds is 1. The third-order valence-corrected chi connectivity index (χ3v) is 2.81. The molecular formula is C11H13NO3. The maximum atomic E-state index is 11.4. The summed E-state index contributed by atoms with van der Waals surface area (Å²) in [6, 6.07) is 6.33. The van der Waals surface area contributed by atoms with Gasteiger partial charge in [-0.25, -0.2) is 0 Å². The molecule has 4 nitrogen and oxygen atoms in total. The maximum absolute atomic E-state index is 11.4. The van der Waals surface area contributed by atoms with Crippen LogP contribution < -0.4 is 0 Å². The zero-order chi connectivity index (χ0) is 11.0. The van der Waals surface area contributed by atoms with Gasteiger partial charge in [0.1, 0.15) is 5.75 Å². The molecule has 15 heavy (non-hydrogen) atoms. The number of benzene rings is 1. The van der Waals surface area contributed by atoms with Gasteiger partial charge in [0.2, 0.25) is 5.91 Å². The van der Waals surface area contributed by atoms with Crippen LogP contribution in [-0.4, -0.2) is 34.2 Å². The number of hydrogen-bond acceptors (Lipinski definition) is 3. The van der Waals surface area contributed by atoms with E-state index in [0.717, 1.165) is 0 Å². The molecule has 1 fully saturated rings. The second kappa shape index (κ2) is 3.55. The van der Waals surface area contributed by atoms with Crippen LogP contribution >= 0.6 is 0 Å². The number of amides is 1. The normalized spacial score (nSPS) is 26.0. The molecule has 2 atom stereocenters. The Balaban J connectivity index is 2.39. The summed E-state index contributed by atoms with van der Waals surface area (Å²) in [5.41, 5.74) is 0.596. The summed E-state index contributed by atoms with van der Waals surface area (Å²) >= 11 is 0. The predicted molar refractivity (Wildman–Crippen MR) is 54.2 cm³/mol. The van der Waals surface area contributed by atoms with Gasteiger partial charge in [0.05, 0.1) is 18.6 Å². The fourth-order valence-electron chi connectivity index (χ4n) is 2.00. The van der Waals surface area contributed by atoms with Crippen molar-refractivity contribution in [3.63, 3.8) is 0 Å². The van der Waals surface area contributed by atoms with Crippen molar-refractivity contribution in [3.05, 3.63) is 29.8 Å². The van der Waals surface area contributed by atoms with E-state index in [0.29, 0.717) is 5.56 Å². The van der Waals surface area contributed by atoms with Crippen LogP contribution in [-0.2, 0) is 4.79 Å². The van der Waals surface area contributed by atoms with Crippen LogP contribution in [0, 0.1) is 0 Å². The number of phenolic OH excluding ortho intramolecular Hbond substituents is 1. The Morgan fingerprint density at radius 2 is 2.07 bits per heavy atom. The Kier molecular flexibility index (Phi) is 2.36. The van der Waals surface area contributed by atoms with E-state index >= 15 is 0 Å². The lowest BCUT2D eigenvalue weighted by Crippen LogP contribution is -2.25. The van der Waals surface area contributed by atoms with E-state index in [1.165, 1.54) is 4.90 Å². The van der Waals surface area contributed by atoms with Crippen LogP contribution in [0.15, 0.2) is 24.3 Å². The average molecular weight is 207 g/mol. The molecule has 1 amide bonds. The maximum Gasteiger partial charge on any atom is 0.225 e. The molecule has 2 unspecified atom stereocenters. The molecule has 2 N–H and O–H groups in total. The molecule has 1 aromatic rings. The summed E-state index contributed by atoms with van der Waals surface area (Å²) in [6.07, 6.45) is -0.619. The third kappa shape index (κ3) is 1.57. The molecule has 0 aromatic heterocycles. The van der Waals surface area contributed by atoms with Crippen molar-refractivity contribution >= 4 is 5.91 Å². The van der Waals surface area contributed by atoms with Crippen molar-refractivity contribution in [2.24, 2.45) is 0 Å². The predicted octanol–water partition coefficient (Wildman–Crippen LogP) is 0.656. The molecule has 0 radical (unpaired) electrons. The summed E-state index contributed by atoms with van der Waals surface area (Å²) in [4.78, 5) is 12.8. The van der Waals surface area contributed by atoms with Gasteiger partial charge in [0.15, 0.2) is 0 Å². The molecule has 0 aliphatic carbocycles. The van der Waals surface area contributed by atoms with Gasteiger partial charge in [-0.15, -0.1) is 0 Å². The quantitative estimate of drug-likeness (QED) is 0.711. The first-order chi connectivity index (χ1) is 7.11. The monoisotopic (exact) mass is 207 g/mol. The second-order valence-electron chi connectivity index (χ2n) is 3.78. The van der Waals surface area contributed by atoms with Gasteiger partial charge in [-0.05, 0) is 6.07 Å². The van der Waals surface area contributed by atoms with E-state index in [9.17, 15) is 15.0 Å². The smallest absolute Gasteiger partial charge is 0.225 e. The van der Waals surface area contributed by atoms with Crippen LogP contribution in [0.5, 0.6) is 5.75 Å². The van der Waals surface area contributed by atoms with Gasteiger partial charge in [-0.3, -0.25) is 4.79 Å². The molecule has 0 spiro atoms. The van der Waals surface area contributed by atoms with Gasteiger partial charge < -0.3 is 15.1 Å². The first-order valence-corrected chi connectivity index (χ1v) is 4.83. The van der Waals surface area contributed by atoms with Crippen molar-refractivity contribution < 1.29 is 15.0 Å². The van der Waals surface area contributed by atoms with Crippen LogP contribution in [0.3, 0.4) is 0 Å². The summed E-state index contributed by atoms with van der Waals surface area (Å²) in [5.74, 6) is 0.0128. The molecular weight excluding hydrogens is 194 g/mol. The average Bonchev–Trinajstić information content (AvgIpc) is 2.43. The van der Waals surface area contributed by atoms with Crippen molar-refractivity contribution in [2.75, 3.05) is 7.05 Å². The van der Waals surface area contributed by atoms with Crippen molar-refractivity contribution in [2.45, 2.75) is 18.6 Å². The van der Waals surface area contributed by atoms with Crippen LogP contribution in [0.2, 0.25) is 0 Å². The largest absolute Gasteiger partial charge is 0.508 e. The van der Waals surface area contributed by atoms with Gasteiger partial charge in [0.25, 0.3) is 0 Å². The minimum atomic E-state index is -0.740. The number of aliphatic hydroxyl groups is 1. The number of aliphatic hydroxyl groups excluding tert-OH is 1. The number of carbonyl (C=O) groups is 1. The number of carbonyl (C=O) groups excluding carboxylic acids is 1. The van der Waals surface area contributed by atoms with Crippen LogP contribution in [0.25, 0.3) is 0 Å². The van der Waals surface area contributed by atoms with E-state index in [4.69, 9.17) is 0 Å². The zero-order valence-corrected chi connectivity index (χ0v) is 8.42. The Morgan fingerprint density at radius 3 is 2.60 bits per heavy atom. The molecule has 1 aliphatic heterocycles. The molecule has 2 rings (SSSR count). The van der Waals surface area contributed by atoms with E-state index in [-0.39, 0.29) is 18.1 Å². The van der Waals surface area contributed by atoms with Crippen molar-refractivity contribution in [1.29, 1.82) is 0 Å². The number of aromatic hydroxyl groups is 1. The number of para-hydroxylation sites is 1. The summed E-state index contributed by atoms with van der Waals surface area (Å²) in [5, 5.41) is 19.4. The molecule has 80 valence electrons. The highest BCUT2D eigenvalue weighted by Crippen LogP contribution is 2.35. The number of nitrogens with zero attached hydrogens (tertiary/aromatic N) is 1. The lowest BCUT2D eigenvalue weighted by atomic mass is 10.0. The summed E-state index contributed by atoms with van der Waals surface area (Å²) in [6.45, 7) is 0. The second-order valence-corrected chi connectivity index (χ2v) is 3.78. The first kappa shape index (κ1) is 9.98. The Hall–Kier alpha value is -1.55. The lowest BCUT2D eigenvalue weighted by molar-refractivity contribution is -0.127. The molecule has 1 aromatic carbocycles. The molecule has 0 bridgehead atoms. The van der Waals surface area contributed by atoms with Crippen LogP contribution in [0.1, 0.15) is 18.0 Å². The highest BCUT2D eigenvalue weighted by atomic mass is 16.3. The first-order valence-electron chi connectivity index (χ1n) is 4.83. The fourth-order valence-corrected chi connectivity index (χ4v) is 2.00. The van der Waals surface area contributed by atoms with E-state index in [1.54, 1.807) is 31.3 Å². The van der Waals surface area contributed by atoms with Gasteiger partial charge >= 0.3 is 0 Å². The minimum absolute atomic E-state index is 0.101.